The topological polar surface area (TPSA) is 63.1 Å². The van der Waals surface area contributed by atoms with E-state index >= 15 is 0 Å². The molecule has 0 unspecified atom stereocenters. The van der Waals surface area contributed by atoms with Crippen LogP contribution in [0.3, 0.4) is 0 Å². The molecule has 144 valence electrons. The summed E-state index contributed by atoms with van der Waals surface area (Å²) >= 11 is 0. The number of fused-ring (bicyclic) bond motifs is 1. The predicted molar refractivity (Wildman–Crippen MR) is 111 cm³/mol. The van der Waals surface area contributed by atoms with Crippen LogP contribution < -0.4 is 10.2 Å². The standard InChI is InChI=1S/C22H25N5O/c1-3-26(4-2)20-14-13-16(15-23-20)22(28)24-21-18-11-8-12-19(18)25-27(21)17-9-6-5-7-10-17/h5-7,9-10,13-15H,3-4,8,11-12H2,1-2H3,(H,24,28). The van der Waals surface area contributed by atoms with Crippen molar-refractivity contribution < 1.29 is 4.79 Å². The lowest BCUT2D eigenvalue weighted by Gasteiger charge is -2.19. The third-order valence-corrected chi connectivity index (χ3v) is 5.24. The van der Waals surface area contributed by atoms with Crippen LogP contribution in [0.15, 0.2) is 48.7 Å². The number of para-hydroxylation sites is 1. The van der Waals surface area contributed by atoms with Gasteiger partial charge in [0.05, 0.1) is 16.9 Å². The van der Waals surface area contributed by atoms with E-state index in [9.17, 15) is 4.79 Å². The zero-order valence-corrected chi connectivity index (χ0v) is 16.4. The number of nitrogens with one attached hydrogen (secondary N) is 1. The normalized spacial score (nSPS) is 12.6. The Morgan fingerprint density at radius 2 is 1.89 bits per heavy atom. The zero-order chi connectivity index (χ0) is 19.5. The van der Waals surface area contributed by atoms with Gasteiger partial charge in [-0.1, -0.05) is 18.2 Å². The number of hydrogen-bond donors (Lipinski definition) is 1. The van der Waals surface area contributed by atoms with Crippen molar-refractivity contribution in [3.05, 3.63) is 65.5 Å². The number of hydrogen-bond acceptors (Lipinski definition) is 4. The Morgan fingerprint density at radius 3 is 2.57 bits per heavy atom. The Balaban J connectivity index is 1.61. The molecule has 28 heavy (non-hydrogen) atoms. The highest BCUT2D eigenvalue weighted by molar-refractivity contribution is 6.04. The van der Waals surface area contributed by atoms with E-state index in [2.05, 4.69) is 29.0 Å². The van der Waals surface area contributed by atoms with Gasteiger partial charge < -0.3 is 10.2 Å². The van der Waals surface area contributed by atoms with Gasteiger partial charge in [0.15, 0.2) is 0 Å². The van der Waals surface area contributed by atoms with Gasteiger partial charge in [0, 0.05) is 24.8 Å². The van der Waals surface area contributed by atoms with E-state index in [-0.39, 0.29) is 5.91 Å². The number of pyridine rings is 1. The van der Waals surface area contributed by atoms with Crippen molar-refractivity contribution in [1.82, 2.24) is 14.8 Å². The summed E-state index contributed by atoms with van der Waals surface area (Å²) in [7, 11) is 0. The molecule has 2 heterocycles. The van der Waals surface area contributed by atoms with Crippen LogP contribution in [0.4, 0.5) is 11.6 Å². The van der Waals surface area contributed by atoms with E-state index < -0.39 is 0 Å². The molecule has 1 aromatic carbocycles. The fourth-order valence-electron chi connectivity index (χ4n) is 3.71. The van der Waals surface area contributed by atoms with E-state index in [1.807, 2.05) is 47.1 Å². The molecule has 3 aromatic rings. The summed E-state index contributed by atoms with van der Waals surface area (Å²) in [5.74, 6) is 1.50. The average Bonchev–Trinajstić information content (AvgIpc) is 3.33. The smallest absolute Gasteiger partial charge is 0.258 e. The summed E-state index contributed by atoms with van der Waals surface area (Å²) in [4.78, 5) is 19.5. The summed E-state index contributed by atoms with van der Waals surface area (Å²) in [6.45, 7) is 5.96. The molecular formula is C22H25N5O. The first kappa shape index (κ1) is 18.2. The Bertz CT molecular complexity index is 959. The van der Waals surface area contributed by atoms with Gasteiger partial charge in [0.1, 0.15) is 11.6 Å². The molecule has 6 heteroatoms. The molecule has 0 aliphatic heterocycles. The van der Waals surface area contributed by atoms with Crippen LogP contribution in [0.1, 0.15) is 41.9 Å². The fourth-order valence-corrected chi connectivity index (χ4v) is 3.71. The highest BCUT2D eigenvalue weighted by Gasteiger charge is 2.24. The Kier molecular flexibility index (Phi) is 5.10. The quantitative estimate of drug-likeness (QED) is 0.711. The van der Waals surface area contributed by atoms with Crippen molar-refractivity contribution in [3.8, 4) is 5.69 Å². The minimum absolute atomic E-state index is 0.162. The lowest BCUT2D eigenvalue weighted by Crippen LogP contribution is -2.23. The lowest BCUT2D eigenvalue weighted by molar-refractivity contribution is 0.102. The highest BCUT2D eigenvalue weighted by atomic mass is 16.1. The maximum atomic E-state index is 12.9. The molecule has 0 fully saturated rings. The number of rotatable bonds is 6. The van der Waals surface area contributed by atoms with Crippen LogP contribution in [0, 0.1) is 0 Å². The highest BCUT2D eigenvalue weighted by Crippen LogP contribution is 2.31. The summed E-state index contributed by atoms with van der Waals surface area (Å²) in [6, 6.07) is 13.7. The maximum Gasteiger partial charge on any atom is 0.258 e. The van der Waals surface area contributed by atoms with E-state index in [4.69, 9.17) is 5.10 Å². The van der Waals surface area contributed by atoms with Gasteiger partial charge in [0.25, 0.3) is 5.91 Å². The first-order valence-electron chi connectivity index (χ1n) is 9.89. The van der Waals surface area contributed by atoms with Crippen LogP contribution in [-0.4, -0.2) is 33.8 Å². The second-order valence-electron chi connectivity index (χ2n) is 6.91. The Labute approximate surface area is 165 Å². The van der Waals surface area contributed by atoms with Gasteiger partial charge in [-0.05, 0) is 57.4 Å². The molecule has 0 bridgehead atoms. The fraction of sp³-hybridized carbons (Fsp3) is 0.318. The third kappa shape index (κ3) is 3.38. The van der Waals surface area contributed by atoms with E-state index in [0.717, 1.165) is 60.9 Å². The molecule has 0 atom stereocenters. The molecule has 1 aliphatic rings. The SMILES string of the molecule is CCN(CC)c1ccc(C(=O)Nc2c3c(nn2-c2ccccc2)CCC3)cn1. The van der Waals surface area contributed by atoms with Crippen molar-refractivity contribution in [3.63, 3.8) is 0 Å². The molecule has 1 N–H and O–H groups in total. The van der Waals surface area contributed by atoms with Crippen LogP contribution in [0.2, 0.25) is 0 Å². The molecule has 0 radical (unpaired) electrons. The maximum absolute atomic E-state index is 12.9. The largest absolute Gasteiger partial charge is 0.357 e. The van der Waals surface area contributed by atoms with Gasteiger partial charge in [-0.3, -0.25) is 4.79 Å². The van der Waals surface area contributed by atoms with Crippen molar-refractivity contribution in [2.45, 2.75) is 33.1 Å². The number of aromatic nitrogens is 3. The second-order valence-corrected chi connectivity index (χ2v) is 6.91. The van der Waals surface area contributed by atoms with Crippen molar-refractivity contribution in [2.75, 3.05) is 23.3 Å². The summed E-state index contributed by atoms with van der Waals surface area (Å²) in [6.07, 6.45) is 4.62. The number of benzene rings is 1. The third-order valence-electron chi connectivity index (χ3n) is 5.24. The molecule has 4 rings (SSSR count). The number of amides is 1. The second kappa shape index (κ2) is 7.84. The molecule has 0 spiro atoms. The molecule has 6 nitrogen and oxygen atoms in total. The summed E-state index contributed by atoms with van der Waals surface area (Å²) < 4.78 is 1.85. The first-order chi connectivity index (χ1) is 13.7. The summed E-state index contributed by atoms with van der Waals surface area (Å²) in [5, 5.41) is 7.84. The molecule has 0 saturated carbocycles. The van der Waals surface area contributed by atoms with E-state index in [1.54, 1.807) is 6.20 Å². The van der Waals surface area contributed by atoms with E-state index in [0.29, 0.717) is 5.56 Å². The Hall–Kier alpha value is -3.15. The number of nitrogens with zero attached hydrogens (tertiary/aromatic N) is 4. The first-order valence-corrected chi connectivity index (χ1v) is 9.89. The van der Waals surface area contributed by atoms with Crippen molar-refractivity contribution in [1.29, 1.82) is 0 Å². The summed E-state index contributed by atoms with van der Waals surface area (Å²) in [5.41, 5.74) is 3.71. The van der Waals surface area contributed by atoms with E-state index in [1.165, 1.54) is 0 Å². The van der Waals surface area contributed by atoms with Gasteiger partial charge in [0.2, 0.25) is 0 Å². The monoisotopic (exact) mass is 375 g/mol. The van der Waals surface area contributed by atoms with Gasteiger partial charge in [-0.15, -0.1) is 0 Å². The van der Waals surface area contributed by atoms with Crippen molar-refractivity contribution >= 4 is 17.5 Å². The van der Waals surface area contributed by atoms with Crippen LogP contribution in [-0.2, 0) is 12.8 Å². The minimum Gasteiger partial charge on any atom is -0.357 e. The molecular weight excluding hydrogens is 350 g/mol. The predicted octanol–water partition coefficient (Wildman–Crippen LogP) is 3.85. The molecule has 1 amide bonds. The average molecular weight is 375 g/mol. The van der Waals surface area contributed by atoms with Crippen molar-refractivity contribution in [2.24, 2.45) is 0 Å². The zero-order valence-electron chi connectivity index (χ0n) is 16.4. The Morgan fingerprint density at radius 1 is 1.11 bits per heavy atom. The molecule has 1 aliphatic carbocycles. The van der Waals surface area contributed by atoms with Crippen LogP contribution in [0.5, 0.6) is 0 Å². The number of carbonyl (C=O) groups is 1. The lowest BCUT2D eigenvalue weighted by atomic mass is 10.2. The van der Waals surface area contributed by atoms with Gasteiger partial charge >= 0.3 is 0 Å². The van der Waals surface area contributed by atoms with Crippen LogP contribution >= 0.6 is 0 Å². The van der Waals surface area contributed by atoms with Gasteiger partial charge in [-0.25, -0.2) is 9.67 Å². The number of anilines is 2. The molecule has 2 aromatic heterocycles. The van der Waals surface area contributed by atoms with Gasteiger partial charge in [-0.2, -0.15) is 5.10 Å². The molecule has 0 saturated heterocycles. The number of aryl methyl sites for hydroxylation is 1. The minimum atomic E-state index is -0.162. The van der Waals surface area contributed by atoms with Crippen LogP contribution in [0.25, 0.3) is 5.69 Å². The number of carbonyl (C=O) groups excluding carboxylic acids is 1.